The molecule has 0 saturated heterocycles. The minimum atomic E-state index is -0.190. The molecule has 0 aliphatic rings. The van der Waals surface area contributed by atoms with Gasteiger partial charge in [-0.1, -0.05) is 6.07 Å². The summed E-state index contributed by atoms with van der Waals surface area (Å²) in [6.45, 7) is 1.98. The summed E-state index contributed by atoms with van der Waals surface area (Å²) < 4.78 is 4.56. The zero-order valence-corrected chi connectivity index (χ0v) is 8.54. The molecule has 0 bridgehead atoms. The lowest BCUT2D eigenvalue weighted by atomic mass is 10.1. The Kier molecular flexibility index (Phi) is 3.51. The van der Waals surface area contributed by atoms with Gasteiger partial charge in [0.2, 0.25) is 0 Å². The van der Waals surface area contributed by atoms with Crippen molar-refractivity contribution in [3.63, 3.8) is 0 Å². The second kappa shape index (κ2) is 4.65. The molecule has 76 valence electrons. The van der Waals surface area contributed by atoms with Gasteiger partial charge in [0, 0.05) is 12.1 Å². The lowest BCUT2D eigenvalue weighted by molar-refractivity contribution is -0.140. The molecule has 0 aliphatic heterocycles. The lowest BCUT2D eigenvalue weighted by Crippen LogP contribution is -2.02. The maximum absolute atomic E-state index is 10.9. The average Bonchev–Trinajstić information content (AvgIpc) is 2.12. The van der Waals surface area contributed by atoms with Gasteiger partial charge in [-0.3, -0.25) is 4.79 Å². The molecule has 0 unspecified atom stereocenters. The second-order valence-electron chi connectivity index (χ2n) is 3.33. The fourth-order valence-electron chi connectivity index (χ4n) is 1.39. The number of hydrogen-bond acceptors (Lipinski definition) is 3. The second-order valence-corrected chi connectivity index (χ2v) is 3.33. The van der Waals surface area contributed by atoms with Crippen molar-refractivity contribution in [3.05, 3.63) is 29.3 Å². The third kappa shape index (κ3) is 3.09. The van der Waals surface area contributed by atoms with Crippen LogP contribution in [0.25, 0.3) is 0 Å². The lowest BCUT2D eigenvalue weighted by Gasteiger charge is -2.03. The highest BCUT2D eigenvalue weighted by Crippen LogP contribution is 2.12. The number of aryl methyl sites for hydroxylation is 2. The van der Waals surface area contributed by atoms with E-state index in [0.717, 1.165) is 16.8 Å². The van der Waals surface area contributed by atoms with E-state index in [4.69, 9.17) is 5.73 Å². The van der Waals surface area contributed by atoms with Crippen LogP contribution >= 0.6 is 0 Å². The van der Waals surface area contributed by atoms with E-state index < -0.39 is 0 Å². The van der Waals surface area contributed by atoms with Crippen molar-refractivity contribution in [2.75, 3.05) is 12.8 Å². The summed E-state index contributed by atoms with van der Waals surface area (Å²) in [4.78, 5) is 10.9. The predicted molar refractivity (Wildman–Crippen MR) is 55.9 cm³/mol. The molecular formula is C11H15NO2. The Bertz CT molecular complexity index is 314. The molecule has 0 heterocycles. The molecule has 0 aromatic heterocycles. The Morgan fingerprint density at radius 3 is 2.71 bits per heavy atom. The Balaban J connectivity index is 2.63. The molecule has 14 heavy (non-hydrogen) atoms. The predicted octanol–water partition coefficient (Wildman–Crippen LogP) is 1.68. The molecule has 0 radical (unpaired) electrons. The van der Waals surface area contributed by atoms with Gasteiger partial charge < -0.3 is 10.5 Å². The molecule has 0 saturated carbocycles. The van der Waals surface area contributed by atoms with Crippen LogP contribution in [0.1, 0.15) is 17.5 Å². The molecule has 1 rings (SSSR count). The molecule has 0 amide bonds. The zero-order chi connectivity index (χ0) is 10.6. The van der Waals surface area contributed by atoms with E-state index >= 15 is 0 Å². The van der Waals surface area contributed by atoms with Crippen molar-refractivity contribution in [1.29, 1.82) is 0 Å². The number of esters is 1. The first-order valence-electron chi connectivity index (χ1n) is 4.54. The van der Waals surface area contributed by atoms with Gasteiger partial charge in [-0.15, -0.1) is 0 Å². The molecule has 2 N–H and O–H groups in total. The highest BCUT2D eigenvalue weighted by atomic mass is 16.5. The summed E-state index contributed by atoms with van der Waals surface area (Å²) >= 11 is 0. The van der Waals surface area contributed by atoms with Gasteiger partial charge in [-0.05, 0) is 36.6 Å². The molecule has 3 heteroatoms. The average molecular weight is 193 g/mol. The molecule has 0 atom stereocenters. The summed E-state index contributed by atoms with van der Waals surface area (Å²) in [5.74, 6) is -0.190. The first-order valence-corrected chi connectivity index (χ1v) is 4.54. The first-order chi connectivity index (χ1) is 6.61. The fraction of sp³-hybridized carbons (Fsp3) is 0.364. The van der Waals surface area contributed by atoms with Crippen LogP contribution in [0.15, 0.2) is 18.2 Å². The smallest absolute Gasteiger partial charge is 0.305 e. The maximum Gasteiger partial charge on any atom is 0.305 e. The molecule has 0 fully saturated rings. The number of ether oxygens (including phenoxy) is 1. The Hall–Kier alpha value is -1.51. The Morgan fingerprint density at radius 1 is 1.43 bits per heavy atom. The standard InChI is InChI=1S/C11H15NO2/c1-8-5-9(7-10(12)6-8)3-4-11(13)14-2/h5-7H,3-4,12H2,1-2H3. The number of carbonyl (C=O) groups is 1. The SMILES string of the molecule is COC(=O)CCc1cc(C)cc(N)c1. The van der Waals surface area contributed by atoms with E-state index in [1.165, 1.54) is 7.11 Å². The maximum atomic E-state index is 10.9. The first kappa shape index (κ1) is 10.6. The fourth-order valence-corrected chi connectivity index (χ4v) is 1.39. The van der Waals surface area contributed by atoms with Gasteiger partial charge in [0.1, 0.15) is 0 Å². The van der Waals surface area contributed by atoms with E-state index in [1.54, 1.807) is 0 Å². The van der Waals surface area contributed by atoms with E-state index in [9.17, 15) is 4.79 Å². The van der Waals surface area contributed by atoms with E-state index in [-0.39, 0.29) is 5.97 Å². The third-order valence-electron chi connectivity index (χ3n) is 2.00. The summed E-state index contributed by atoms with van der Waals surface area (Å²) in [5, 5.41) is 0. The Morgan fingerprint density at radius 2 is 2.14 bits per heavy atom. The number of benzene rings is 1. The van der Waals surface area contributed by atoms with Gasteiger partial charge in [0.05, 0.1) is 7.11 Å². The molecule has 3 nitrogen and oxygen atoms in total. The number of hydrogen-bond donors (Lipinski definition) is 1. The van der Waals surface area contributed by atoms with Crippen molar-refractivity contribution >= 4 is 11.7 Å². The van der Waals surface area contributed by atoms with Gasteiger partial charge in [-0.2, -0.15) is 0 Å². The highest BCUT2D eigenvalue weighted by molar-refractivity contribution is 5.69. The molecule has 1 aromatic rings. The van der Waals surface area contributed by atoms with Crippen LogP contribution in [0.5, 0.6) is 0 Å². The normalized spacial score (nSPS) is 9.86. The summed E-state index contributed by atoms with van der Waals surface area (Å²) in [6.07, 6.45) is 1.08. The topological polar surface area (TPSA) is 52.3 Å². The van der Waals surface area contributed by atoms with Crippen LogP contribution in [0.3, 0.4) is 0 Å². The van der Waals surface area contributed by atoms with E-state index in [2.05, 4.69) is 4.74 Å². The van der Waals surface area contributed by atoms with Gasteiger partial charge in [0.15, 0.2) is 0 Å². The van der Waals surface area contributed by atoms with Gasteiger partial charge in [0.25, 0.3) is 0 Å². The van der Waals surface area contributed by atoms with Gasteiger partial charge >= 0.3 is 5.97 Å². The number of methoxy groups -OCH3 is 1. The molecule has 0 spiro atoms. The minimum Gasteiger partial charge on any atom is -0.469 e. The number of rotatable bonds is 3. The van der Waals surface area contributed by atoms with Crippen molar-refractivity contribution < 1.29 is 9.53 Å². The number of carbonyl (C=O) groups excluding carboxylic acids is 1. The molecular weight excluding hydrogens is 178 g/mol. The quantitative estimate of drug-likeness (QED) is 0.587. The highest BCUT2D eigenvalue weighted by Gasteiger charge is 2.02. The van der Waals surface area contributed by atoms with E-state index in [0.29, 0.717) is 12.8 Å². The van der Waals surface area contributed by atoms with Crippen LogP contribution in [0.4, 0.5) is 5.69 Å². The van der Waals surface area contributed by atoms with Crippen LogP contribution in [-0.2, 0) is 16.0 Å². The summed E-state index contributed by atoms with van der Waals surface area (Å²) in [6, 6.07) is 5.82. The van der Waals surface area contributed by atoms with Crippen molar-refractivity contribution in [1.82, 2.24) is 0 Å². The van der Waals surface area contributed by atoms with Crippen LogP contribution in [0.2, 0.25) is 0 Å². The molecule has 1 aromatic carbocycles. The van der Waals surface area contributed by atoms with Gasteiger partial charge in [-0.25, -0.2) is 0 Å². The largest absolute Gasteiger partial charge is 0.469 e. The number of nitrogens with two attached hydrogens (primary N) is 1. The van der Waals surface area contributed by atoms with Crippen molar-refractivity contribution in [3.8, 4) is 0 Å². The van der Waals surface area contributed by atoms with Crippen LogP contribution < -0.4 is 5.73 Å². The third-order valence-corrected chi connectivity index (χ3v) is 2.00. The monoisotopic (exact) mass is 193 g/mol. The Labute approximate surface area is 83.9 Å². The van der Waals surface area contributed by atoms with Crippen LogP contribution in [0, 0.1) is 6.92 Å². The van der Waals surface area contributed by atoms with Crippen LogP contribution in [-0.4, -0.2) is 13.1 Å². The number of anilines is 1. The number of nitrogen functional groups attached to an aromatic ring is 1. The minimum absolute atomic E-state index is 0.190. The summed E-state index contributed by atoms with van der Waals surface area (Å²) in [7, 11) is 1.40. The van der Waals surface area contributed by atoms with E-state index in [1.807, 2.05) is 25.1 Å². The molecule has 0 aliphatic carbocycles. The van der Waals surface area contributed by atoms with Crippen molar-refractivity contribution in [2.24, 2.45) is 0 Å². The van der Waals surface area contributed by atoms with Crippen molar-refractivity contribution in [2.45, 2.75) is 19.8 Å². The summed E-state index contributed by atoms with van der Waals surface area (Å²) in [5.41, 5.74) is 8.62. The zero-order valence-electron chi connectivity index (χ0n) is 8.54.